The molecule has 0 bridgehead atoms. The van der Waals surface area contributed by atoms with E-state index in [0.717, 1.165) is 37.3 Å². The third-order valence-electron chi connectivity index (χ3n) is 6.28. The molecule has 1 aliphatic rings. The molecule has 1 saturated heterocycles. The van der Waals surface area contributed by atoms with Gasteiger partial charge in [0.1, 0.15) is 11.4 Å². The number of piperazine rings is 1. The Kier molecular flexibility index (Phi) is 7.32. The van der Waals surface area contributed by atoms with Crippen LogP contribution in [0, 0.1) is 0 Å². The van der Waals surface area contributed by atoms with Crippen molar-refractivity contribution in [2.75, 3.05) is 48.3 Å². The molecule has 2 aromatic heterocycles. The first-order valence-corrected chi connectivity index (χ1v) is 12.5. The zero-order chi connectivity index (χ0) is 25.6. The van der Waals surface area contributed by atoms with Gasteiger partial charge in [-0.25, -0.2) is 0 Å². The van der Waals surface area contributed by atoms with E-state index in [2.05, 4.69) is 61.0 Å². The van der Waals surface area contributed by atoms with Gasteiger partial charge in [-0.15, -0.1) is 0 Å². The predicted octanol–water partition coefficient (Wildman–Crippen LogP) is 5.15. The monoisotopic (exact) mass is 497 g/mol. The van der Waals surface area contributed by atoms with E-state index in [-0.39, 0.29) is 5.91 Å². The summed E-state index contributed by atoms with van der Waals surface area (Å²) in [6, 6.07) is 17.3. The zero-order valence-corrected chi connectivity index (χ0v) is 20.9. The highest BCUT2D eigenvalue weighted by atomic mass is 16.5. The summed E-state index contributed by atoms with van der Waals surface area (Å²) in [6.45, 7) is 11.2. The maximum Gasteiger partial charge on any atom is 0.247 e. The van der Waals surface area contributed by atoms with E-state index >= 15 is 0 Å². The van der Waals surface area contributed by atoms with Crippen LogP contribution in [0.25, 0.3) is 11.0 Å². The Morgan fingerprint density at radius 2 is 1.89 bits per heavy atom. The molecule has 4 aromatic rings. The smallest absolute Gasteiger partial charge is 0.247 e. The average molecular weight is 498 g/mol. The lowest BCUT2D eigenvalue weighted by atomic mass is 10.2. The molecule has 37 heavy (non-hydrogen) atoms. The second kappa shape index (κ2) is 11.1. The summed E-state index contributed by atoms with van der Waals surface area (Å²) in [4.78, 5) is 29.0. The molecule has 9 nitrogen and oxygen atoms in total. The summed E-state index contributed by atoms with van der Waals surface area (Å²) < 4.78 is 6.11. The van der Waals surface area contributed by atoms with Crippen molar-refractivity contribution in [3.8, 4) is 11.6 Å². The molecule has 3 heterocycles. The maximum absolute atomic E-state index is 11.6. The minimum absolute atomic E-state index is 0.288. The Hall–Kier alpha value is -4.37. The molecule has 5 rings (SSSR count). The van der Waals surface area contributed by atoms with E-state index in [0.29, 0.717) is 28.9 Å². The number of carbonyl (C=O) groups is 1. The molecular formula is C28H31N7O2. The quantitative estimate of drug-likeness (QED) is 0.275. The van der Waals surface area contributed by atoms with E-state index < -0.39 is 0 Å². The van der Waals surface area contributed by atoms with Crippen molar-refractivity contribution < 1.29 is 9.53 Å². The van der Waals surface area contributed by atoms with Crippen LogP contribution in [-0.4, -0.2) is 58.5 Å². The predicted molar refractivity (Wildman–Crippen MR) is 148 cm³/mol. The van der Waals surface area contributed by atoms with Crippen molar-refractivity contribution in [2.24, 2.45) is 0 Å². The molecule has 1 amide bonds. The summed E-state index contributed by atoms with van der Waals surface area (Å²) >= 11 is 0. The minimum Gasteiger partial charge on any atom is -0.438 e. The lowest BCUT2D eigenvalue weighted by Gasteiger charge is -2.36. The fourth-order valence-electron chi connectivity index (χ4n) is 4.42. The number of ether oxygens (including phenoxy) is 1. The van der Waals surface area contributed by atoms with Gasteiger partial charge >= 0.3 is 0 Å². The fraction of sp³-hybridized carbons (Fsp3) is 0.250. The molecule has 1 fully saturated rings. The van der Waals surface area contributed by atoms with Gasteiger partial charge in [0, 0.05) is 55.5 Å². The number of anilines is 4. The molecule has 1 aliphatic heterocycles. The molecule has 2 aromatic carbocycles. The fourth-order valence-corrected chi connectivity index (χ4v) is 4.42. The molecule has 0 spiro atoms. The number of fused-ring (bicyclic) bond motifs is 1. The van der Waals surface area contributed by atoms with Gasteiger partial charge in [-0.05, 0) is 61.5 Å². The maximum atomic E-state index is 11.6. The van der Waals surface area contributed by atoms with Crippen LogP contribution in [0.5, 0.6) is 11.6 Å². The van der Waals surface area contributed by atoms with Gasteiger partial charge in [0.05, 0.1) is 5.39 Å². The first-order chi connectivity index (χ1) is 18.1. The molecule has 190 valence electrons. The summed E-state index contributed by atoms with van der Waals surface area (Å²) in [5.74, 6) is 1.07. The van der Waals surface area contributed by atoms with Crippen LogP contribution >= 0.6 is 0 Å². The molecule has 0 saturated carbocycles. The first kappa shape index (κ1) is 24.3. The second-order valence-corrected chi connectivity index (χ2v) is 8.92. The van der Waals surface area contributed by atoms with Gasteiger partial charge in [0.25, 0.3) is 0 Å². The van der Waals surface area contributed by atoms with Gasteiger partial charge in [0.2, 0.25) is 17.7 Å². The van der Waals surface area contributed by atoms with Crippen LogP contribution in [0.4, 0.5) is 23.0 Å². The van der Waals surface area contributed by atoms with E-state index in [1.165, 1.54) is 24.7 Å². The van der Waals surface area contributed by atoms with Crippen molar-refractivity contribution in [1.29, 1.82) is 0 Å². The number of amides is 1. The van der Waals surface area contributed by atoms with E-state index in [1.54, 1.807) is 30.5 Å². The van der Waals surface area contributed by atoms with E-state index in [1.807, 2.05) is 18.2 Å². The normalized spacial score (nSPS) is 13.9. The Bertz CT molecular complexity index is 1380. The Morgan fingerprint density at radius 1 is 1.08 bits per heavy atom. The molecule has 3 N–H and O–H groups in total. The Balaban J connectivity index is 1.30. The molecule has 0 radical (unpaired) electrons. The highest BCUT2D eigenvalue weighted by Crippen LogP contribution is 2.30. The summed E-state index contributed by atoms with van der Waals surface area (Å²) in [7, 11) is 0. The van der Waals surface area contributed by atoms with Crippen molar-refractivity contribution in [3.05, 3.63) is 73.4 Å². The number of H-pyrrole nitrogens is 1. The number of hydrogen-bond acceptors (Lipinski definition) is 7. The lowest BCUT2D eigenvalue weighted by molar-refractivity contribution is -0.111. The molecule has 9 heteroatoms. The van der Waals surface area contributed by atoms with Crippen molar-refractivity contribution >= 4 is 40.0 Å². The van der Waals surface area contributed by atoms with Gasteiger partial charge < -0.3 is 25.3 Å². The van der Waals surface area contributed by atoms with Crippen molar-refractivity contribution in [3.63, 3.8) is 0 Å². The van der Waals surface area contributed by atoms with Crippen LogP contribution in [0.3, 0.4) is 0 Å². The summed E-state index contributed by atoms with van der Waals surface area (Å²) in [5, 5.41) is 6.78. The average Bonchev–Trinajstić information content (AvgIpc) is 3.39. The first-order valence-electron chi connectivity index (χ1n) is 12.5. The number of aromatic nitrogens is 3. The third-order valence-corrected chi connectivity index (χ3v) is 6.28. The van der Waals surface area contributed by atoms with Gasteiger partial charge in [0.15, 0.2) is 0 Å². The number of nitrogens with one attached hydrogen (secondary N) is 3. The SMILES string of the molecule is C=CC(=O)Nc1cccc(Oc2nc(Nc3ccc(N4CCN(CCC)CC4)cc3)nc3[nH]ccc23)c1. The van der Waals surface area contributed by atoms with Crippen LogP contribution < -0.4 is 20.3 Å². The topological polar surface area (TPSA) is 98.4 Å². The minimum atomic E-state index is -0.288. The van der Waals surface area contributed by atoms with E-state index in [4.69, 9.17) is 4.74 Å². The lowest BCUT2D eigenvalue weighted by Crippen LogP contribution is -2.46. The Morgan fingerprint density at radius 3 is 2.65 bits per heavy atom. The van der Waals surface area contributed by atoms with Gasteiger partial charge in [-0.1, -0.05) is 19.6 Å². The number of nitrogens with zero attached hydrogens (tertiary/aromatic N) is 4. The highest BCUT2D eigenvalue weighted by molar-refractivity contribution is 5.99. The van der Waals surface area contributed by atoms with Crippen LogP contribution in [0.2, 0.25) is 0 Å². The number of hydrogen-bond donors (Lipinski definition) is 3. The standard InChI is InChI=1S/C28H31N7O2/c1-3-14-34-15-17-35(18-16-34)22-10-8-20(9-11-22)31-28-32-26-24(12-13-29-26)27(33-28)37-23-7-5-6-21(19-23)30-25(36)4-2/h4-13,19H,2-3,14-18H2,1H3,(H,30,36)(H2,29,31,32,33). The van der Waals surface area contributed by atoms with Crippen LogP contribution in [-0.2, 0) is 4.79 Å². The highest BCUT2D eigenvalue weighted by Gasteiger charge is 2.17. The number of carbonyl (C=O) groups excluding carboxylic acids is 1. The largest absolute Gasteiger partial charge is 0.438 e. The van der Waals surface area contributed by atoms with Crippen LogP contribution in [0.15, 0.2) is 73.4 Å². The van der Waals surface area contributed by atoms with Gasteiger partial charge in [-0.3, -0.25) is 9.69 Å². The summed E-state index contributed by atoms with van der Waals surface area (Å²) in [5.41, 5.74) is 3.37. The Labute approximate surface area is 216 Å². The van der Waals surface area contributed by atoms with E-state index in [9.17, 15) is 4.79 Å². The second-order valence-electron chi connectivity index (χ2n) is 8.92. The zero-order valence-electron chi connectivity index (χ0n) is 20.9. The van der Waals surface area contributed by atoms with Crippen molar-refractivity contribution in [2.45, 2.75) is 13.3 Å². The number of rotatable bonds is 9. The van der Waals surface area contributed by atoms with Crippen molar-refractivity contribution in [1.82, 2.24) is 19.9 Å². The van der Waals surface area contributed by atoms with Gasteiger partial charge in [-0.2, -0.15) is 9.97 Å². The molecule has 0 aliphatic carbocycles. The molecule has 0 unspecified atom stereocenters. The summed E-state index contributed by atoms with van der Waals surface area (Å²) in [6.07, 6.45) is 4.22. The number of aromatic amines is 1. The molecular weight excluding hydrogens is 466 g/mol. The molecule has 0 atom stereocenters. The number of benzene rings is 2. The van der Waals surface area contributed by atoms with Crippen LogP contribution in [0.1, 0.15) is 13.3 Å². The third kappa shape index (κ3) is 5.90.